The second-order valence-electron chi connectivity index (χ2n) is 55.8. The molecule has 860 valence electrons. The summed E-state index contributed by atoms with van der Waals surface area (Å²) < 4.78 is 101. The van der Waals surface area contributed by atoms with E-state index in [0.29, 0.717) is 67.8 Å². The van der Waals surface area contributed by atoms with Crippen LogP contribution in [0.2, 0.25) is 0 Å². The number of likely N-dealkylation sites (tertiary alicyclic amines) is 8. The largest absolute Gasteiger partial charge is 0.401 e. The number of carbonyl (C=O) groups excluding carboxylic acids is 2. The van der Waals surface area contributed by atoms with Crippen molar-refractivity contribution in [1.29, 1.82) is 0 Å². The molecule has 3 N–H and O–H groups in total. The number of rotatable bonds is 1. The molecule has 2 amide bonds. The van der Waals surface area contributed by atoms with Gasteiger partial charge in [0, 0.05) is 241 Å². The van der Waals surface area contributed by atoms with Crippen LogP contribution in [-0.2, 0) is 9.59 Å². The number of thioether (sulfide) groups is 1. The number of piperazine rings is 4. The number of likely N-dealkylation sites (N-methyl/N-ethyl adjacent to an activating group) is 2. The van der Waals surface area contributed by atoms with Gasteiger partial charge in [0.05, 0.1) is 38.4 Å². The normalized spacial score (nSPS) is 24.9. The van der Waals surface area contributed by atoms with Crippen molar-refractivity contribution >= 4 is 23.6 Å². The van der Waals surface area contributed by atoms with E-state index in [1.54, 1.807) is 4.90 Å². The molecular formula is C114H233F8N17O4S. The number of β-amino-alcohol motifs (C(OH)–C–C–N with tert-alkyl or cyclic N) is 2. The van der Waals surface area contributed by atoms with Gasteiger partial charge in [-0.2, -0.15) is 24.9 Å². The third kappa shape index (κ3) is 62.6. The zero-order chi connectivity index (χ0) is 111. The molecule has 0 aromatic carbocycles. The van der Waals surface area contributed by atoms with Crippen LogP contribution in [0.25, 0.3) is 0 Å². The topological polar surface area (TPSA) is 138 Å². The Hall–Kier alpha value is -1.95. The highest BCUT2D eigenvalue weighted by molar-refractivity contribution is 7.99. The van der Waals surface area contributed by atoms with Crippen molar-refractivity contribution in [2.45, 2.75) is 488 Å². The number of nitrogens with zero attached hydrogens (tertiary/aromatic N) is 16. The van der Waals surface area contributed by atoms with E-state index in [1.807, 2.05) is 32.7 Å². The maximum atomic E-state index is 12.9. The molecule has 13 aliphatic heterocycles. The van der Waals surface area contributed by atoms with Gasteiger partial charge in [-0.15, -0.1) is 0 Å². The van der Waals surface area contributed by atoms with Gasteiger partial charge in [0.2, 0.25) is 11.8 Å². The summed E-state index contributed by atoms with van der Waals surface area (Å²) in [5.74, 6) is 0.544. The fourth-order valence-corrected chi connectivity index (χ4v) is 20.0. The summed E-state index contributed by atoms with van der Waals surface area (Å²) in [5.41, 5.74) is 2.72. The molecular weight excluding hydrogens is 1860 g/mol. The van der Waals surface area contributed by atoms with Crippen LogP contribution < -0.4 is 5.32 Å². The quantitative estimate of drug-likeness (QED) is 0.214. The third-order valence-corrected chi connectivity index (χ3v) is 30.6. The standard InChI is InChI=1S/C10H19F3N2.C9H17F2N.2C9H18FN.C9H18N2O.C9H20N2.C9H19NO.2C9H19N.C8H16FN.C8H16N2O.C8H17NO.C8H17NS/c1-9(2,3)15-6-4-14(5-7-15)8-10(11,12)13;1-8(2,3)12-6-4-5-9(10,11)7-12;1-9(2,3)11-6-4-8(10)5-7-11;1-9(2,3)11-6-4-5-8(10)7-11;1-9(2,3)11-6-5-10(4)8(12)7-11;1-9(2,3)11-7-5-10(4)6-8-11;1-9(2,3)10-6-4-5-8(11)7-10;2*1-9(2,3)10-7-5-4-6-8-10;1-8(2,3)10-5-4-7(9)6-10;1-8(2,3)10-5-4-9-7(11)6-10;1-8(2,3)9-5-4-7(10)6-9;1-8(2,3)9-4-6-10-7-5-9/h4-8H2,1-3H3;4-7H2,1-3H3;2*8H,4-7H2,1-3H3;5-7H2,1-4H3;5-8H2,1-4H3;8,11H,4-7H2,1-3H3;2*4-8H2,1-3H3;7H,4-6H2,1-3H3;4-6H2,1-3H3,(H,9,11);7,10H,4-6H2,1-3H3;4-7H2,1-3H3. The summed E-state index contributed by atoms with van der Waals surface area (Å²) in [6.45, 7) is 114. The molecule has 4 atom stereocenters. The van der Waals surface area contributed by atoms with Gasteiger partial charge >= 0.3 is 6.18 Å². The molecule has 13 fully saturated rings. The van der Waals surface area contributed by atoms with E-state index in [9.17, 15) is 54.9 Å². The number of nitrogens with one attached hydrogen (secondary N) is 1. The van der Waals surface area contributed by atoms with Crippen molar-refractivity contribution in [2.24, 2.45) is 0 Å². The van der Waals surface area contributed by atoms with Gasteiger partial charge in [0.25, 0.3) is 5.92 Å². The lowest BCUT2D eigenvalue weighted by atomic mass is 9.99. The summed E-state index contributed by atoms with van der Waals surface area (Å²) >= 11 is 2.07. The van der Waals surface area contributed by atoms with Crippen molar-refractivity contribution in [1.82, 2.24) is 83.7 Å². The Balaban J connectivity index is 0.000000781. The molecule has 13 heterocycles. The first kappa shape index (κ1) is 140. The first-order valence-electron chi connectivity index (χ1n) is 56.2. The number of alkyl halides is 8. The Morgan fingerprint density at radius 1 is 0.299 bits per heavy atom. The number of hydrogen-bond donors (Lipinski definition) is 3. The number of halogens is 8. The smallest absolute Gasteiger partial charge is 0.392 e. The Morgan fingerprint density at radius 2 is 0.590 bits per heavy atom. The Bertz CT molecular complexity index is 3150. The predicted molar refractivity (Wildman–Crippen MR) is 601 cm³/mol. The number of aliphatic hydroxyl groups is 2. The molecule has 0 aromatic rings. The average molecular weight is 2090 g/mol. The van der Waals surface area contributed by atoms with Gasteiger partial charge in [0.1, 0.15) is 18.5 Å². The van der Waals surface area contributed by atoms with Gasteiger partial charge in [-0.3, -0.25) is 78.2 Å². The molecule has 0 radical (unpaired) electrons. The van der Waals surface area contributed by atoms with Crippen LogP contribution in [0.4, 0.5) is 35.1 Å². The fourth-order valence-electron chi connectivity index (χ4n) is 19.0. The zero-order valence-corrected chi connectivity index (χ0v) is 102. The van der Waals surface area contributed by atoms with E-state index < -0.39 is 37.2 Å². The van der Waals surface area contributed by atoms with Gasteiger partial charge in [-0.05, 0) is 406 Å². The zero-order valence-electron chi connectivity index (χ0n) is 101. The maximum absolute atomic E-state index is 12.9. The van der Waals surface area contributed by atoms with Crippen LogP contribution in [-0.4, -0.2) is 457 Å². The Morgan fingerprint density at radius 3 is 0.875 bits per heavy atom. The highest BCUT2D eigenvalue weighted by Crippen LogP contribution is 2.33. The van der Waals surface area contributed by atoms with Gasteiger partial charge in [-0.25, -0.2) is 22.0 Å². The van der Waals surface area contributed by atoms with E-state index in [1.165, 1.54) is 120 Å². The van der Waals surface area contributed by atoms with Gasteiger partial charge in [0.15, 0.2) is 0 Å². The number of piperidine rings is 6. The average Bonchev–Trinajstić information content (AvgIpc) is 1.06. The van der Waals surface area contributed by atoms with Gasteiger partial charge in [-0.1, -0.05) is 12.8 Å². The molecule has 13 rings (SSSR count). The summed E-state index contributed by atoms with van der Waals surface area (Å²) in [4.78, 5) is 58.1. The Labute approximate surface area is 886 Å². The SMILES string of the molecule is CC(C)(C)N1CCC(F)C1.CC(C)(C)N1CCC(F)CC1.CC(C)(C)N1CCC(O)C1.CC(C)(C)N1CCCC(F)(F)C1.CC(C)(C)N1CCCC(F)C1.CC(C)(C)N1CCCC(O)C1.CC(C)(C)N1CCCCC1.CC(C)(C)N1CCCCC1.CC(C)(C)N1CCN(CC(F)(F)F)CC1.CC(C)(C)N1CCNC(=O)C1.CC(C)(C)N1CCSCC1.CN1CCN(C(C)(C)C)CC1.CN1CCN(C(C)(C)C)CC1=O. The number of amides is 2. The molecule has 13 saturated heterocycles. The molecule has 0 aromatic heterocycles. The minimum Gasteiger partial charge on any atom is -0.392 e. The second kappa shape index (κ2) is 62.7. The van der Waals surface area contributed by atoms with Crippen molar-refractivity contribution < 1.29 is 54.9 Å². The number of carbonyl (C=O) groups is 2. The molecule has 21 nitrogen and oxygen atoms in total. The van der Waals surface area contributed by atoms with Crippen molar-refractivity contribution in [3.8, 4) is 0 Å². The molecule has 0 spiro atoms. The van der Waals surface area contributed by atoms with Crippen LogP contribution in [0.5, 0.6) is 0 Å². The summed E-state index contributed by atoms with van der Waals surface area (Å²) in [5, 5.41) is 21.4. The lowest BCUT2D eigenvalue weighted by Gasteiger charge is -2.42. The van der Waals surface area contributed by atoms with Crippen LogP contribution in [0.3, 0.4) is 0 Å². The third-order valence-electron chi connectivity index (χ3n) is 29.7. The molecule has 0 aliphatic carbocycles. The van der Waals surface area contributed by atoms with Crippen molar-refractivity contribution in [3.05, 3.63) is 0 Å². The van der Waals surface area contributed by atoms with E-state index in [0.717, 1.165) is 150 Å². The summed E-state index contributed by atoms with van der Waals surface area (Å²) in [6.07, 6.45) is 10.2. The predicted octanol–water partition coefficient (Wildman–Crippen LogP) is 21.0. The van der Waals surface area contributed by atoms with E-state index in [-0.39, 0.29) is 86.8 Å². The van der Waals surface area contributed by atoms with Crippen LogP contribution in [0.1, 0.15) is 373 Å². The van der Waals surface area contributed by atoms with Crippen molar-refractivity contribution in [3.63, 3.8) is 0 Å². The van der Waals surface area contributed by atoms with Crippen molar-refractivity contribution in [2.75, 3.05) is 242 Å². The molecule has 144 heavy (non-hydrogen) atoms. The molecule has 30 heteroatoms. The molecule has 4 unspecified atom stereocenters. The number of aliphatic hydroxyl groups excluding tert-OH is 2. The highest BCUT2D eigenvalue weighted by Gasteiger charge is 2.41. The van der Waals surface area contributed by atoms with Gasteiger partial charge < -0.3 is 25.3 Å². The lowest BCUT2D eigenvalue weighted by molar-refractivity contribution is -0.150. The first-order valence-corrected chi connectivity index (χ1v) is 57.4. The molecule has 13 aliphatic rings. The van der Waals surface area contributed by atoms with E-state index in [4.69, 9.17) is 0 Å². The second-order valence-corrected chi connectivity index (χ2v) is 57.0. The summed E-state index contributed by atoms with van der Waals surface area (Å²) in [7, 11) is 4.06. The minimum atomic E-state index is -4.07. The van der Waals surface area contributed by atoms with Crippen LogP contribution in [0, 0.1) is 0 Å². The van der Waals surface area contributed by atoms with E-state index in [2.05, 4.69) is 337 Å². The maximum Gasteiger partial charge on any atom is 0.401 e. The van der Waals surface area contributed by atoms with Crippen LogP contribution >= 0.6 is 11.8 Å². The Kier molecular flexibility index (Phi) is 61.0. The number of hydrogen-bond acceptors (Lipinski definition) is 20. The fraction of sp³-hybridized carbons (Fsp3) is 0.982. The summed E-state index contributed by atoms with van der Waals surface area (Å²) in [6, 6.07) is 0. The first-order chi connectivity index (χ1) is 65.2. The van der Waals surface area contributed by atoms with Crippen LogP contribution in [0.15, 0.2) is 0 Å². The van der Waals surface area contributed by atoms with E-state index >= 15 is 0 Å². The molecule has 0 bridgehead atoms. The minimum absolute atomic E-state index is 0.0551. The monoisotopic (exact) mass is 2090 g/mol. The molecule has 0 saturated carbocycles. The highest BCUT2D eigenvalue weighted by atomic mass is 32.2. The lowest BCUT2D eigenvalue weighted by Crippen LogP contribution is -2.55.